The van der Waals surface area contributed by atoms with E-state index in [9.17, 15) is 14.4 Å². The number of unbranched alkanes of at least 4 members (excludes halogenated alkanes) is 5. The Morgan fingerprint density at radius 3 is 2.26 bits per heavy atom. The number of nitrogens with zero attached hydrogens (tertiary/aromatic N) is 1. The highest BCUT2D eigenvalue weighted by Gasteiger charge is 2.32. The number of aryl methyl sites for hydroxylation is 1. The number of hydrogen-bond donors (Lipinski definition) is 2. The molecule has 0 bridgehead atoms. The van der Waals surface area contributed by atoms with Crippen molar-refractivity contribution in [3.63, 3.8) is 0 Å². The number of carbonyl (C=O) groups is 3. The molecule has 0 spiro atoms. The Morgan fingerprint density at radius 1 is 1.03 bits per heavy atom. The summed E-state index contributed by atoms with van der Waals surface area (Å²) in [5, 5.41) is 5.52. The number of alkyl carbamates (subject to hydrolysis) is 1. The van der Waals surface area contributed by atoms with Gasteiger partial charge in [-0.25, -0.2) is 4.79 Å². The normalized spacial score (nSPS) is 12.2. The van der Waals surface area contributed by atoms with Crippen LogP contribution in [-0.4, -0.2) is 47.5 Å². The van der Waals surface area contributed by atoms with E-state index in [2.05, 4.69) is 17.6 Å². The van der Waals surface area contributed by atoms with E-state index in [4.69, 9.17) is 4.74 Å². The van der Waals surface area contributed by atoms with Crippen molar-refractivity contribution < 1.29 is 19.1 Å². The third kappa shape index (κ3) is 11.5. The molecule has 7 nitrogen and oxygen atoms in total. The van der Waals surface area contributed by atoms with Gasteiger partial charge >= 0.3 is 6.09 Å². The second kappa shape index (κ2) is 14.6. The molecule has 7 heteroatoms. The summed E-state index contributed by atoms with van der Waals surface area (Å²) >= 11 is 0. The lowest BCUT2D eigenvalue weighted by Crippen LogP contribution is -2.49. The fourth-order valence-corrected chi connectivity index (χ4v) is 3.70. The van der Waals surface area contributed by atoms with Gasteiger partial charge in [-0.2, -0.15) is 0 Å². The molecule has 34 heavy (non-hydrogen) atoms. The van der Waals surface area contributed by atoms with E-state index >= 15 is 0 Å². The number of amides is 3. The van der Waals surface area contributed by atoms with Gasteiger partial charge in [0.1, 0.15) is 18.2 Å². The Morgan fingerprint density at radius 2 is 1.68 bits per heavy atom. The van der Waals surface area contributed by atoms with Crippen LogP contribution in [0.25, 0.3) is 0 Å². The number of hydrogen-bond acceptors (Lipinski definition) is 4. The quantitative estimate of drug-likeness (QED) is 0.380. The minimum atomic E-state index is -0.772. The van der Waals surface area contributed by atoms with Gasteiger partial charge in [0.25, 0.3) is 0 Å². The van der Waals surface area contributed by atoms with E-state index in [1.54, 1.807) is 25.7 Å². The summed E-state index contributed by atoms with van der Waals surface area (Å²) < 4.78 is 5.26. The van der Waals surface area contributed by atoms with Gasteiger partial charge in [0, 0.05) is 12.6 Å². The third-order valence-corrected chi connectivity index (χ3v) is 5.20. The Kier molecular flexibility index (Phi) is 12.7. The van der Waals surface area contributed by atoms with Crippen LogP contribution in [0.5, 0.6) is 0 Å². The van der Waals surface area contributed by atoms with Crippen LogP contribution in [0.4, 0.5) is 4.79 Å². The second-order valence-electron chi connectivity index (χ2n) is 10.2. The first kappa shape index (κ1) is 29.5. The number of nitrogens with one attached hydrogen (secondary N) is 2. The van der Waals surface area contributed by atoms with Crippen LogP contribution in [0, 0.1) is 6.92 Å². The van der Waals surface area contributed by atoms with Crippen LogP contribution in [-0.2, 0) is 14.3 Å². The molecular formula is C27H45N3O4. The first-order chi connectivity index (χ1) is 15.9. The Hall–Kier alpha value is -2.57. The van der Waals surface area contributed by atoms with Crippen LogP contribution < -0.4 is 10.6 Å². The summed E-state index contributed by atoms with van der Waals surface area (Å²) in [6.07, 6.45) is 5.75. The fraction of sp³-hybridized carbons (Fsp3) is 0.667. The van der Waals surface area contributed by atoms with Gasteiger partial charge < -0.3 is 20.3 Å². The zero-order valence-electron chi connectivity index (χ0n) is 22.2. The van der Waals surface area contributed by atoms with Crippen molar-refractivity contribution in [1.82, 2.24) is 15.5 Å². The van der Waals surface area contributed by atoms with E-state index < -0.39 is 17.7 Å². The smallest absolute Gasteiger partial charge is 0.408 e. The molecule has 0 radical (unpaired) electrons. The van der Waals surface area contributed by atoms with E-state index in [1.165, 1.54) is 19.3 Å². The molecule has 0 fully saturated rings. The molecule has 1 unspecified atom stereocenters. The van der Waals surface area contributed by atoms with Gasteiger partial charge in [-0.15, -0.1) is 0 Å². The van der Waals surface area contributed by atoms with Gasteiger partial charge in [-0.3, -0.25) is 9.59 Å². The van der Waals surface area contributed by atoms with E-state index in [-0.39, 0.29) is 24.4 Å². The molecule has 0 saturated heterocycles. The van der Waals surface area contributed by atoms with Crippen molar-refractivity contribution in [3.8, 4) is 0 Å². The fourth-order valence-electron chi connectivity index (χ4n) is 3.70. The lowest BCUT2D eigenvalue weighted by Gasteiger charge is -2.32. The lowest BCUT2D eigenvalue weighted by atomic mass is 10.0. The molecule has 0 heterocycles. The summed E-state index contributed by atoms with van der Waals surface area (Å²) in [6, 6.07) is 6.84. The van der Waals surface area contributed by atoms with Crippen LogP contribution in [0.15, 0.2) is 24.3 Å². The molecule has 0 aliphatic carbocycles. The molecule has 192 valence electrons. The Balaban J connectivity index is 3.11. The van der Waals surface area contributed by atoms with Crippen molar-refractivity contribution in [2.24, 2.45) is 0 Å². The summed E-state index contributed by atoms with van der Waals surface area (Å²) in [6.45, 7) is 13.4. The molecule has 1 aromatic carbocycles. The maximum absolute atomic E-state index is 13.3. The molecule has 1 rings (SSSR count). The molecule has 0 aromatic heterocycles. The molecule has 0 aliphatic rings. The average Bonchev–Trinajstić information content (AvgIpc) is 2.71. The summed E-state index contributed by atoms with van der Waals surface area (Å²) in [5.41, 5.74) is 1.11. The van der Waals surface area contributed by atoms with Crippen molar-refractivity contribution in [1.29, 1.82) is 0 Å². The molecule has 1 atom stereocenters. The highest BCUT2D eigenvalue weighted by molar-refractivity contribution is 5.90. The van der Waals surface area contributed by atoms with Gasteiger partial charge in [0.05, 0.1) is 0 Å². The standard InChI is InChI=1S/C27H45N3O4/c1-8-9-10-11-12-13-17-30(23(31)19-28-26(33)34-27(5,6)7)24(25(32)29-20(2)3)22-16-14-15-21(4)18-22/h14-16,18,20,24H,8-13,17,19H2,1-7H3,(H,28,33)(H,29,32). The molecule has 0 saturated carbocycles. The predicted octanol–water partition coefficient (Wildman–Crippen LogP) is 5.27. The first-order valence-electron chi connectivity index (χ1n) is 12.6. The largest absolute Gasteiger partial charge is 0.444 e. The Labute approximate surface area is 206 Å². The van der Waals surface area contributed by atoms with Gasteiger partial charge in [0.15, 0.2) is 0 Å². The zero-order valence-corrected chi connectivity index (χ0v) is 22.2. The highest BCUT2D eigenvalue weighted by Crippen LogP contribution is 2.24. The van der Waals surface area contributed by atoms with E-state index in [0.29, 0.717) is 6.54 Å². The second-order valence-corrected chi connectivity index (χ2v) is 10.2. The third-order valence-electron chi connectivity index (χ3n) is 5.20. The maximum Gasteiger partial charge on any atom is 0.408 e. The molecule has 0 aliphatic heterocycles. The molecular weight excluding hydrogens is 430 g/mol. The molecule has 2 N–H and O–H groups in total. The first-order valence-corrected chi connectivity index (χ1v) is 12.6. The topological polar surface area (TPSA) is 87.7 Å². The lowest BCUT2D eigenvalue weighted by molar-refractivity contribution is -0.140. The van der Waals surface area contributed by atoms with Gasteiger partial charge in [0.2, 0.25) is 11.8 Å². The van der Waals surface area contributed by atoms with E-state index in [1.807, 2.05) is 45.0 Å². The number of rotatable bonds is 13. The van der Waals surface area contributed by atoms with Crippen molar-refractivity contribution >= 4 is 17.9 Å². The van der Waals surface area contributed by atoms with E-state index in [0.717, 1.165) is 30.4 Å². The van der Waals surface area contributed by atoms with Gasteiger partial charge in [-0.1, -0.05) is 68.9 Å². The summed E-state index contributed by atoms with van der Waals surface area (Å²) in [5.74, 6) is -0.540. The Bertz CT molecular complexity index is 786. The zero-order chi connectivity index (χ0) is 25.7. The minimum Gasteiger partial charge on any atom is -0.444 e. The minimum absolute atomic E-state index is 0.0642. The highest BCUT2D eigenvalue weighted by atomic mass is 16.6. The van der Waals surface area contributed by atoms with Crippen molar-refractivity contribution in [2.75, 3.05) is 13.1 Å². The number of benzene rings is 1. The SMILES string of the molecule is CCCCCCCCN(C(=O)CNC(=O)OC(C)(C)C)C(C(=O)NC(C)C)c1cccc(C)c1. The van der Waals surface area contributed by atoms with Gasteiger partial charge in [-0.05, 0) is 53.5 Å². The van der Waals surface area contributed by atoms with Crippen molar-refractivity contribution in [3.05, 3.63) is 35.4 Å². The number of ether oxygens (including phenoxy) is 1. The van der Waals surface area contributed by atoms with Crippen LogP contribution in [0.1, 0.15) is 97.2 Å². The monoisotopic (exact) mass is 475 g/mol. The average molecular weight is 476 g/mol. The number of carbonyl (C=O) groups excluding carboxylic acids is 3. The summed E-state index contributed by atoms with van der Waals surface area (Å²) in [4.78, 5) is 40.4. The van der Waals surface area contributed by atoms with Crippen LogP contribution >= 0.6 is 0 Å². The summed E-state index contributed by atoms with van der Waals surface area (Å²) in [7, 11) is 0. The van der Waals surface area contributed by atoms with Crippen LogP contribution in [0.2, 0.25) is 0 Å². The molecule has 1 aromatic rings. The predicted molar refractivity (Wildman–Crippen MR) is 137 cm³/mol. The maximum atomic E-state index is 13.3. The van der Waals surface area contributed by atoms with Crippen LogP contribution in [0.3, 0.4) is 0 Å². The molecule has 3 amide bonds. The van der Waals surface area contributed by atoms with Crippen molar-refractivity contribution in [2.45, 2.75) is 105 Å².